The molecule has 0 spiro atoms. The molecule has 152 valence electrons. The molecule has 3 aliphatic rings. The van der Waals surface area contributed by atoms with E-state index in [0.717, 1.165) is 70.2 Å². The summed E-state index contributed by atoms with van der Waals surface area (Å²) in [6.07, 6.45) is 10.1. The van der Waals surface area contributed by atoms with E-state index in [2.05, 4.69) is 14.7 Å². The molecule has 6 heteroatoms. The van der Waals surface area contributed by atoms with Crippen molar-refractivity contribution >= 4 is 17.5 Å². The lowest BCUT2D eigenvalue weighted by Gasteiger charge is -2.36. The first-order chi connectivity index (χ1) is 13.0. The van der Waals surface area contributed by atoms with Gasteiger partial charge in [0.05, 0.1) is 17.5 Å². The number of likely N-dealkylation sites (tertiary alicyclic amines) is 3. The van der Waals surface area contributed by atoms with E-state index in [1.165, 1.54) is 38.5 Å². The summed E-state index contributed by atoms with van der Waals surface area (Å²) >= 11 is 0. The molecule has 0 amide bonds. The highest BCUT2D eigenvalue weighted by molar-refractivity contribution is 5.81. The molecule has 0 aliphatic carbocycles. The summed E-state index contributed by atoms with van der Waals surface area (Å²) in [5, 5.41) is 25.1. The van der Waals surface area contributed by atoms with E-state index < -0.39 is 0 Å². The van der Waals surface area contributed by atoms with Crippen LogP contribution in [-0.4, -0.2) is 71.5 Å². The molecular formula is C21H38N6. The highest BCUT2D eigenvalue weighted by atomic mass is 15.2. The van der Waals surface area contributed by atoms with Crippen LogP contribution in [0.3, 0.4) is 0 Å². The van der Waals surface area contributed by atoms with E-state index in [1.54, 1.807) is 0 Å². The van der Waals surface area contributed by atoms with Gasteiger partial charge in [0, 0.05) is 52.1 Å². The zero-order chi connectivity index (χ0) is 19.2. The number of nitrogens with zero attached hydrogens (tertiary/aromatic N) is 3. The number of nitrogens with one attached hydrogen (secondary N) is 3. The third-order valence-corrected chi connectivity index (χ3v) is 6.60. The second kappa shape index (κ2) is 9.56. The maximum Gasteiger partial charge on any atom is 0.0961 e. The number of hydrogen-bond donors (Lipinski definition) is 3. The molecule has 0 aromatic heterocycles. The molecule has 0 aromatic rings. The maximum atomic E-state index is 8.69. The van der Waals surface area contributed by atoms with Gasteiger partial charge in [-0.05, 0) is 57.3 Å². The van der Waals surface area contributed by atoms with Gasteiger partial charge in [-0.2, -0.15) is 0 Å². The molecule has 0 aromatic carbocycles. The Morgan fingerprint density at radius 2 is 1.15 bits per heavy atom. The highest BCUT2D eigenvalue weighted by Gasteiger charge is 2.27. The molecule has 3 N–H and O–H groups in total. The summed E-state index contributed by atoms with van der Waals surface area (Å²) in [4.78, 5) is 6.74. The van der Waals surface area contributed by atoms with E-state index >= 15 is 0 Å². The van der Waals surface area contributed by atoms with Gasteiger partial charge in [-0.1, -0.05) is 6.42 Å². The lowest BCUT2D eigenvalue weighted by atomic mass is 9.92. The minimum atomic E-state index is 0.503. The van der Waals surface area contributed by atoms with Crippen LogP contribution in [0.2, 0.25) is 0 Å². The first-order valence-corrected chi connectivity index (χ1v) is 11.0. The number of hydrogen-bond acceptors (Lipinski definition) is 3. The van der Waals surface area contributed by atoms with Crippen molar-refractivity contribution in [2.45, 2.75) is 64.7 Å². The van der Waals surface area contributed by atoms with Crippen LogP contribution in [0.15, 0.2) is 0 Å². The van der Waals surface area contributed by atoms with Gasteiger partial charge in [0.2, 0.25) is 0 Å². The molecule has 2 unspecified atom stereocenters. The van der Waals surface area contributed by atoms with Gasteiger partial charge in [0.25, 0.3) is 0 Å². The summed E-state index contributed by atoms with van der Waals surface area (Å²) in [5.74, 6) is 3.32. The maximum absolute atomic E-state index is 8.69. The molecule has 2 atom stereocenters. The van der Waals surface area contributed by atoms with Crippen LogP contribution in [0.4, 0.5) is 0 Å². The molecule has 3 heterocycles. The topological polar surface area (TPSA) is 81.3 Å². The SMILES string of the molecule is CC(=N)N1CCCCC(CC(=N)N2CCCC(CC(=N)N3CCCC3)C2)C1. The van der Waals surface area contributed by atoms with Crippen molar-refractivity contribution in [3.8, 4) is 0 Å². The largest absolute Gasteiger partial charge is 0.361 e. The second-order valence-corrected chi connectivity index (χ2v) is 8.84. The summed E-state index contributed by atoms with van der Waals surface area (Å²) in [6, 6.07) is 0. The zero-order valence-corrected chi connectivity index (χ0v) is 17.1. The molecule has 27 heavy (non-hydrogen) atoms. The van der Waals surface area contributed by atoms with Crippen LogP contribution in [0.1, 0.15) is 64.7 Å². The first kappa shape index (κ1) is 20.2. The monoisotopic (exact) mass is 374 g/mol. The summed E-state index contributed by atoms with van der Waals surface area (Å²) < 4.78 is 0. The molecule has 0 radical (unpaired) electrons. The van der Waals surface area contributed by atoms with Crippen molar-refractivity contribution in [3.63, 3.8) is 0 Å². The minimum absolute atomic E-state index is 0.503. The Morgan fingerprint density at radius 1 is 0.667 bits per heavy atom. The molecule has 3 fully saturated rings. The van der Waals surface area contributed by atoms with Crippen molar-refractivity contribution in [1.29, 1.82) is 16.2 Å². The van der Waals surface area contributed by atoms with Crippen LogP contribution in [-0.2, 0) is 0 Å². The molecule has 3 saturated heterocycles. The fraction of sp³-hybridized carbons (Fsp3) is 0.857. The Bertz CT molecular complexity index is 539. The Labute approximate surface area is 164 Å². The number of rotatable bonds is 4. The summed E-state index contributed by atoms with van der Waals surface area (Å²) in [5.41, 5.74) is 0. The van der Waals surface area contributed by atoms with Crippen LogP contribution in [0.5, 0.6) is 0 Å². The van der Waals surface area contributed by atoms with Crippen LogP contribution in [0.25, 0.3) is 0 Å². The Hall–Kier alpha value is -1.59. The fourth-order valence-electron chi connectivity index (χ4n) is 4.97. The lowest BCUT2D eigenvalue weighted by molar-refractivity contribution is 0.248. The van der Waals surface area contributed by atoms with Crippen LogP contribution in [0, 0.1) is 28.1 Å². The van der Waals surface area contributed by atoms with E-state index in [-0.39, 0.29) is 0 Å². The van der Waals surface area contributed by atoms with Gasteiger partial charge < -0.3 is 14.7 Å². The minimum Gasteiger partial charge on any atom is -0.361 e. The quantitative estimate of drug-likeness (QED) is 0.519. The Kier molecular flexibility index (Phi) is 7.13. The summed E-state index contributed by atoms with van der Waals surface area (Å²) in [7, 11) is 0. The molecular weight excluding hydrogens is 336 g/mol. The van der Waals surface area contributed by atoms with E-state index in [9.17, 15) is 0 Å². The van der Waals surface area contributed by atoms with Gasteiger partial charge in [-0.15, -0.1) is 0 Å². The molecule has 0 saturated carbocycles. The smallest absolute Gasteiger partial charge is 0.0961 e. The third-order valence-electron chi connectivity index (χ3n) is 6.60. The van der Waals surface area contributed by atoms with Crippen molar-refractivity contribution in [2.24, 2.45) is 11.8 Å². The van der Waals surface area contributed by atoms with E-state index in [1.807, 2.05) is 6.92 Å². The second-order valence-electron chi connectivity index (χ2n) is 8.84. The Morgan fingerprint density at radius 3 is 1.81 bits per heavy atom. The number of piperidine rings is 1. The number of amidine groups is 3. The van der Waals surface area contributed by atoms with Gasteiger partial charge >= 0.3 is 0 Å². The van der Waals surface area contributed by atoms with Gasteiger partial charge in [-0.25, -0.2) is 0 Å². The van der Waals surface area contributed by atoms with Gasteiger partial charge in [0.15, 0.2) is 0 Å². The normalized spacial score (nSPS) is 26.8. The molecule has 3 aliphatic heterocycles. The lowest BCUT2D eigenvalue weighted by Crippen LogP contribution is -2.42. The average Bonchev–Trinajstić information content (AvgIpc) is 3.09. The predicted octanol–water partition coefficient (Wildman–Crippen LogP) is 3.63. The summed E-state index contributed by atoms with van der Waals surface area (Å²) in [6.45, 7) is 7.92. The van der Waals surface area contributed by atoms with E-state index in [0.29, 0.717) is 17.7 Å². The van der Waals surface area contributed by atoms with Gasteiger partial charge in [0.1, 0.15) is 0 Å². The highest BCUT2D eigenvalue weighted by Crippen LogP contribution is 2.25. The third kappa shape index (κ3) is 5.69. The van der Waals surface area contributed by atoms with Crippen molar-refractivity contribution in [3.05, 3.63) is 0 Å². The van der Waals surface area contributed by atoms with Crippen LogP contribution >= 0.6 is 0 Å². The predicted molar refractivity (Wildman–Crippen MR) is 112 cm³/mol. The van der Waals surface area contributed by atoms with Crippen molar-refractivity contribution in [1.82, 2.24) is 14.7 Å². The average molecular weight is 375 g/mol. The Balaban J connectivity index is 1.48. The fourth-order valence-corrected chi connectivity index (χ4v) is 4.97. The standard InChI is InChI=1S/C21H38N6/c1-17(22)26-11-3-2-7-18(15-26)14-21(24)27-12-6-8-19(16-27)13-20(23)25-9-4-5-10-25/h18-19,22-24H,2-16H2,1H3. The molecule has 0 bridgehead atoms. The molecule has 6 nitrogen and oxygen atoms in total. The van der Waals surface area contributed by atoms with Crippen molar-refractivity contribution in [2.75, 3.05) is 39.3 Å². The van der Waals surface area contributed by atoms with Crippen molar-refractivity contribution < 1.29 is 0 Å². The molecule has 3 rings (SSSR count). The van der Waals surface area contributed by atoms with E-state index in [4.69, 9.17) is 16.2 Å². The van der Waals surface area contributed by atoms with Crippen LogP contribution < -0.4 is 0 Å². The van der Waals surface area contributed by atoms with Gasteiger partial charge in [-0.3, -0.25) is 16.2 Å². The first-order valence-electron chi connectivity index (χ1n) is 11.0. The zero-order valence-electron chi connectivity index (χ0n) is 17.1.